The predicted octanol–water partition coefficient (Wildman–Crippen LogP) is 3.99. The van der Waals surface area contributed by atoms with Crippen molar-refractivity contribution in [2.45, 2.75) is 39.3 Å². The zero-order valence-corrected chi connectivity index (χ0v) is 20.0. The van der Waals surface area contributed by atoms with Gasteiger partial charge in [0, 0.05) is 25.0 Å². The number of hydrogen-bond acceptors (Lipinski definition) is 7. The molecule has 0 radical (unpaired) electrons. The molecule has 0 fully saturated rings. The Balaban J connectivity index is 1.57. The Hall–Kier alpha value is -4.01. The molecule has 0 bridgehead atoms. The van der Waals surface area contributed by atoms with Crippen molar-refractivity contribution in [3.05, 3.63) is 77.2 Å². The van der Waals surface area contributed by atoms with E-state index in [1.54, 1.807) is 32.9 Å². The first-order valence-electron chi connectivity index (χ1n) is 11.4. The summed E-state index contributed by atoms with van der Waals surface area (Å²) in [6.45, 7) is 5.93. The molecular weight excluding hydrogens is 449 g/mol. The van der Waals surface area contributed by atoms with Gasteiger partial charge in [-0.15, -0.1) is 0 Å². The quantitative estimate of drug-likeness (QED) is 0.497. The van der Waals surface area contributed by atoms with Crippen LogP contribution in [-0.2, 0) is 22.5 Å². The highest BCUT2D eigenvalue weighted by Gasteiger charge is 2.24. The lowest BCUT2D eigenvalue weighted by Gasteiger charge is -2.20. The molecule has 9 heteroatoms. The predicted molar refractivity (Wildman–Crippen MR) is 131 cm³/mol. The molecule has 35 heavy (non-hydrogen) atoms. The number of fused-ring (bicyclic) bond motifs is 1. The molecule has 2 aromatic carbocycles. The van der Waals surface area contributed by atoms with E-state index >= 15 is 0 Å². The van der Waals surface area contributed by atoms with Gasteiger partial charge < -0.3 is 20.3 Å². The topological polar surface area (TPSA) is 96.4 Å². The van der Waals surface area contributed by atoms with Gasteiger partial charge in [-0.05, 0) is 56.5 Å². The van der Waals surface area contributed by atoms with E-state index in [0.717, 1.165) is 12.1 Å². The molecule has 0 unspecified atom stereocenters. The average molecular weight is 478 g/mol. The minimum Gasteiger partial charge on any atom is -0.459 e. The van der Waals surface area contributed by atoms with Crippen molar-refractivity contribution in [2.24, 2.45) is 0 Å². The molecule has 0 spiro atoms. The van der Waals surface area contributed by atoms with Gasteiger partial charge >= 0.3 is 5.97 Å². The maximum atomic E-state index is 13.6. The van der Waals surface area contributed by atoms with E-state index in [-0.39, 0.29) is 30.3 Å². The Labute approximate surface area is 203 Å². The number of hydrogen-bond donors (Lipinski definition) is 2. The number of esters is 1. The van der Waals surface area contributed by atoms with Crippen molar-refractivity contribution in [2.75, 3.05) is 23.3 Å². The van der Waals surface area contributed by atoms with Crippen LogP contribution in [0.2, 0.25) is 0 Å². The van der Waals surface area contributed by atoms with Gasteiger partial charge in [-0.1, -0.05) is 30.3 Å². The van der Waals surface area contributed by atoms with Gasteiger partial charge in [0.05, 0.1) is 0 Å². The zero-order chi connectivity index (χ0) is 25.0. The van der Waals surface area contributed by atoms with Crippen LogP contribution in [0.1, 0.15) is 42.3 Å². The van der Waals surface area contributed by atoms with Crippen molar-refractivity contribution in [1.29, 1.82) is 0 Å². The number of halogens is 1. The zero-order valence-electron chi connectivity index (χ0n) is 20.0. The molecule has 4 rings (SSSR count). The molecule has 1 aliphatic rings. The SMILES string of the molecule is CC(C)(C)OC(=O)CNC(=O)c1cnc(N2CCc3ccccc32)nc1NCc1cccc(F)c1. The number of carbonyl (C=O) groups excluding carboxylic acids is 2. The third-order valence-electron chi connectivity index (χ3n) is 5.31. The summed E-state index contributed by atoms with van der Waals surface area (Å²) in [5.41, 5.74) is 2.42. The lowest BCUT2D eigenvalue weighted by Crippen LogP contribution is -2.35. The highest BCUT2D eigenvalue weighted by Crippen LogP contribution is 2.33. The summed E-state index contributed by atoms with van der Waals surface area (Å²) in [6.07, 6.45) is 2.30. The van der Waals surface area contributed by atoms with Crippen molar-refractivity contribution in [3.8, 4) is 0 Å². The molecule has 1 aromatic heterocycles. The number of amides is 1. The van der Waals surface area contributed by atoms with E-state index in [1.807, 2.05) is 23.1 Å². The summed E-state index contributed by atoms with van der Waals surface area (Å²) in [7, 11) is 0. The van der Waals surface area contributed by atoms with Crippen molar-refractivity contribution in [1.82, 2.24) is 15.3 Å². The van der Waals surface area contributed by atoms with Crippen LogP contribution in [0, 0.1) is 5.82 Å². The first-order chi connectivity index (χ1) is 16.7. The standard InChI is InChI=1S/C26H28FN5O3/c1-26(2,3)35-22(33)16-29-24(34)20-15-30-25(32-12-11-18-8-4-5-10-21(18)32)31-23(20)28-14-17-7-6-9-19(27)13-17/h4-10,13,15H,11-12,14,16H2,1-3H3,(H,29,34)(H,28,30,31). The molecule has 1 amide bonds. The van der Waals surface area contributed by atoms with Crippen LogP contribution >= 0.6 is 0 Å². The van der Waals surface area contributed by atoms with Gasteiger partial charge in [0.2, 0.25) is 5.95 Å². The molecule has 8 nitrogen and oxygen atoms in total. The second kappa shape index (κ2) is 10.1. The number of carbonyl (C=O) groups is 2. The van der Waals surface area contributed by atoms with Crippen LogP contribution in [-0.4, -0.2) is 40.5 Å². The Morgan fingerprint density at radius 3 is 2.71 bits per heavy atom. The van der Waals surface area contributed by atoms with Gasteiger partial charge in [-0.25, -0.2) is 9.37 Å². The second-order valence-electron chi connectivity index (χ2n) is 9.22. The van der Waals surface area contributed by atoms with Crippen molar-refractivity contribution in [3.63, 3.8) is 0 Å². The summed E-state index contributed by atoms with van der Waals surface area (Å²) in [5, 5.41) is 5.70. The summed E-state index contributed by atoms with van der Waals surface area (Å²) < 4.78 is 18.9. The van der Waals surface area contributed by atoms with E-state index in [2.05, 4.69) is 26.7 Å². The van der Waals surface area contributed by atoms with Gasteiger partial charge in [0.25, 0.3) is 5.91 Å². The lowest BCUT2D eigenvalue weighted by atomic mass is 10.2. The number of rotatable bonds is 7. The molecule has 0 atom stereocenters. The average Bonchev–Trinajstić information content (AvgIpc) is 3.24. The smallest absolute Gasteiger partial charge is 0.325 e. The molecule has 1 aliphatic heterocycles. The minimum absolute atomic E-state index is 0.168. The molecule has 2 N–H and O–H groups in total. The van der Waals surface area contributed by atoms with Gasteiger partial charge in [0.15, 0.2) is 0 Å². The highest BCUT2D eigenvalue weighted by atomic mass is 19.1. The van der Waals surface area contributed by atoms with Crippen molar-refractivity contribution < 1.29 is 18.7 Å². The monoisotopic (exact) mass is 477 g/mol. The first kappa shape index (κ1) is 24.1. The second-order valence-corrected chi connectivity index (χ2v) is 9.22. The first-order valence-corrected chi connectivity index (χ1v) is 11.4. The maximum absolute atomic E-state index is 13.6. The van der Waals surface area contributed by atoms with Crippen LogP contribution in [0.5, 0.6) is 0 Å². The normalized spacial score (nSPS) is 12.7. The summed E-state index contributed by atoms with van der Waals surface area (Å²) in [6, 6.07) is 14.2. The number of benzene rings is 2. The molecule has 2 heterocycles. The Bertz CT molecular complexity index is 1240. The summed E-state index contributed by atoms with van der Waals surface area (Å²) >= 11 is 0. The molecule has 0 aliphatic carbocycles. The fraction of sp³-hybridized carbons (Fsp3) is 0.308. The number of ether oxygens (including phenoxy) is 1. The van der Waals surface area contributed by atoms with Crippen LogP contribution < -0.4 is 15.5 Å². The van der Waals surface area contributed by atoms with Gasteiger partial charge in [-0.2, -0.15) is 4.98 Å². The van der Waals surface area contributed by atoms with E-state index in [9.17, 15) is 14.0 Å². The third kappa shape index (κ3) is 6.11. The highest BCUT2D eigenvalue weighted by molar-refractivity contribution is 6.00. The largest absolute Gasteiger partial charge is 0.459 e. The third-order valence-corrected chi connectivity index (χ3v) is 5.31. The van der Waals surface area contributed by atoms with E-state index < -0.39 is 17.5 Å². The summed E-state index contributed by atoms with van der Waals surface area (Å²) in [5.74, 6) is -0.695. The van der Waals surface area contributed by atoms with Crippen LogP contribution in [0.15, 0.2) is 54.7 Å². The lowest BCUT2D eigenvalue weighted by molar-refractivity contribution is -0.153. The van der Waals surface area contributed by atoms with Gasteiger partial charge in [-0.3, -0.25) is 9.59 Å². The number of anilines is 3. The fourth-order valence-electron chi connectivity index (χ4n) is 3.81. The molecule has 182 valence electrons. The van der Waals surface area contributed by atoms with E-state index in [1.165, 1.54) is 23.9 Å². The Morgan fingerprint density at radius 2 is 1.94 bits per heavy atom. The van der Waals surface area contributed by atoms with Crippen molar-refractivity contribution >= 4 is 29.3 Å². The van der Waals surface area contributed by atoms with Crippen LogP contribution in [0.4, 0.5) is 21.8 Å². The number of nitrogens with zero attached hydrogens (tertiary/aromatic N) is 3. The molecule has 0 saturated heterocycles. The van der Waals surface area contributed by atoms with Crippen LogP contribution in [0.25, 0.3) is 0 Å². The number of aromatic nitrogens is 2. The Kier molecular flexibility index (Phi) is 6.95. The molecule has 3 aromatic rings. The van der Waals surface area contributed by atoms with Crippen LogP contribution in [0.3, 0.4) is 0 Å². The van der Waals surface area contributed by atoms with Gasteiger partial charge in [0.1, 0.15) is 29.3 Å². The molecule has 0 saturated carbocycles. The summed E-state index contributed by atoms with van der Waals surface area (Å²) in [4.78, 5) is 36.0. The maximum Gasteiger partial charge on any atom is 0.325 e. The van der Waals surface area contributed by atoms with E-state index in [0.29, 0.717) is 18.1 Å². The Morgan fingerprint density at radius 1 is 1.14 bits per heavy atom. The number of nitrogens with one attached hydrogen (secondary N) is 2. The molecular formula is C26H28FN5O3. The van der Waals surface area contributed by atoms with E-state index in [4.69, 9.17) is 4.74 Å². The number of para-hydroxylation sites is 1. The fourth-order valence-corrected chi connectivity index (χ4v) is 3.81. The minimum atomic E-state index is -0.656.